The van der Waals surface area contributed by atoms with Crippen LogP contribution in [-0.4, -0.2) is 12.2 Å². The Morgan fingerprint density at radius 3 is 2.67 bits per heavy atom. The van der Waals surface area contributed by atoms with Gasteiger partial charge in [-0.1, -0.05) is 0 Å². The van der Waals surface area contributed by atoms with Crippen molar-refractivity contribution < 1.29 is 4.79 Å². The summed E-state index contributed by atoms with van der Waals surface area (Å²) in [6.45, 7) is 1.88. The van der Waals surface area contributed by atoms with Crippen LogP contribution in [0.25, 0.3) is 0 Å². The summed E-state index contributed by atoms with van der Waals surface area (Å²) in [5, 5.41) is 0. The molecule has 0 spiro atoms. The summed E-state index contributed by atoms with van der Waals surface area (Å²) >= 11 is -0.168. The average Bonchev–Trinajstić information content (AvgIpc) is 1.59. The fourth-order valence-electron chi connectivity index (χ4n) is 0.673. The van der Waals surface area contributed by atoms with E-state index in [1.54, 1.807) is 6.08 Å². The number of amides is 1. The van der Waals surface area contributed by atoms with E-state index in [9.17, 15) is 4.79 Å². The molecule has 1 amide bonds. The van der Waals surface area contributed by atoms with E-state index in [0.29, 0.717) is 0 Å². The molecular formula is C5H9N2OS+. The van der Waals surface area contributed by atoms with Gasteiger partial charge in [0.25, 0.3) is 5.91 Å². The molecule has 1 aliphatic rings. The third-order valence-electron chi connectivity index (χ3n) is 0.915. The van der Waals surface area contributed by atoms with Gasteiger partial charge in [0, 0.05) is 6.08 Å². The van der Waals surface area contributed by atoms with Crippen LogP contribution in [0.1, 0.15) is 6.92 Å². The maximum Gasteiger partial charge on any atom is 0.288 e. The number of allylic oxidation sites excluding steroid dienone is 1. The number of rotatable bonds is 0. The van der Waals surface area contributed by atoms with Crippen molar-refractivity contribution in [3.05, 3.63) is 11.8 Å². The van der Waals surface area contributed by atoms with Gasteiger partial charge in [-0.2, -0.15) is 4.72 Å². The van der Waals surface area contributed by atoms with E-state index in [0.717, 1.165) is 5.70 Å². The van der Waals surface area contributed by atoms with E-state index >= 15 is 0 Å². The van der Waals surface area contributed by atoms with E-state index in [-0.39, 0.29) is 17.2 Å². The molecule has 0 aliphatic carbocycles. The smallest absolute Gasteiger partial charge is 0.266 e. The quantitative estimate of drug-likeness (QED) is 0.459. The number of hydrogen-bond donors (Lipinski definition) is 2. The second-order valence-electron chi connectivity index (χ2n) is 1.91. The number of nitrogens with one attached hydrogen (secondary N) is 2. The molecule has 0 aromatic rings. The van der Waals surface area contributed by atoms with Crippen LogP contribution in [0.2, 0.25) is 0 Å². The van der Waals surface area contributed by atoms with Gasteiger partial charge in [-0.05, 0) is 6.92 Å². The van der Waals surface area contributed by atoms with Crippen LogP contribution in [0, 0.1) is 0 Å². The fraction of sp³-hybridized carbons (Fsp3) is 0.400. The first-order chi connectivity index (χ1) is 4.18. The third-order valence-corrected chi connectivity index (χ3v) is 2.05. The van der Waals surface area contributed by atoms with Gasteiger partial charge in [0.1, 0.15) is 6.26 Å². The van der Waals surface area contributed by atoms with Gasteiger partial charge in [-0.25, -0.2) is 0 Å². The second kappa shape index (κ2) is 2.31. The summed E-state index contributed by atoms with van der Waals surface area (Å²) < 4.78 is 5.78. The first-order valence-corrected chi connectivity index (χ1v) is 4.23. The van der Waals surface area contributed by atoms with Gasteiger partial charge in [-0.3, -0.25) is 4.79 Å². The third kappa shape index (κ3) is 1.64. The number of carbonyl (C=O) groups is 1. The SMILES string of the molecule is CC1=CC(=O)N[S+](C)N1. The maximum absolute atomic E-state index is 10.7. The van der Waals surface area contributed by atoms with Crippen LogP contribution >= 0.6 is 0 Å². The normalized spacial score (nSPS) is 26.2. The summed E-state index contributed by atoms with van der Waals surface area (Å²) in [6.07, 6.45) is 3.47. The molecule has 50 valence electrons. The van der Waals surface area contributed by atoms with Crippen molar-refractivity contribution in [2.75, 3.05) is 6.26 Å². The van der Waals surface area contributed by atoms with E-state index in [1.807, 2.05) is 13.2 Å². The fourth-order valence-corrected chi connectivity index (χ4v) is 1.63. The summed E-state index contributed by atoms with van der Waals surface area (Å²) in [6, 6.07) is 0. The minimum Gasteiger partial charge on any atom is -0.266 e. The predicted molar refractivity (Wildman–Crippen MR) is 38.3 cm³/mol. The molecule has 0 bridgehead atoms. The molecular weight excluding hydrogens is 136 g/mol. The van der Waals surface area contributed by atoms with Crippen LogP contribution < -0.4 is 9.44 Å². The zero-order valence-corrected chi connectivity index (χ0v) is 6.21. The summed E-state index contributed by atoms with van der Waals surface area (Å²) in [7, 11) is 0. The van der Waals surface area contributed by atoms with Gasteiger partial charge in [-0.15, -0.1) is 4.72 Å². The Kier molecular flexibility index (Phi) is 1.66. The minimum absolute atomic E-state index is 0.00270. The van der Waals surface area contributed by atoms with Crippen LogP contribution in [0.4, 0.5) is 0 Å². The van der Waals surface area contributed by atoms with E-state index in [4.69, 9.17) is 0 Å². The van der Waals surface area contributed by atoms with Gasteiger partial charge >= 0.3 is 0 Å². The number of hydrogen-bond acceptors (Lipinski definition) is 2. The Morgan fingerprint density at radius 1 is 1.56 bits per heavy atom. The van der Waals surface area contributed by atoms with Crippen molar-refractivity contribution in [2.24, 2.45) is 0 Å². The summed E-state index contributed by atoms with van der Waals surface area (Å²) in [5.41, 5.74) is 0.935. The van der Waals surface area contributed by atoms with Crippen LogP contribution in [0.15, 0.2) is 11.8 Å². The average molecular weight is 145 g/mol. The Bertz CT molecular complexity index is 166. The van der Waals surface area contributed by atoms with E-state index < -0.39 is 0 Å². The molecule has 0 saturated carbocycles. The molecule has 1 aliphatic heterocycles. The lowest BCUT2D eigenvalue weighted by molar-refractivity contribution is -0.114. The molecule has 4 heteroatoms. The van der Waals surface area contributed by atoms with Crippen molar-refractivity contribution in [3.63, 3.8) is 0 Å². The van der Waals surface area contributed by atoms with Crippen molar-refractivity contribution in [2.45, 2.75) is 6.92 Å². The largest absolute Gasteiger partial charge is 0.288 e. The number of carbonyl (C=O) groups excluding carboxylic acids is 1. The molecule has 0 saturated heterocycles. The Labute approximate surface area is 57.1 Å². The minimum atomic E-state index is -0.168. The molecule has 0 aromatic carbocycles. The van der Waals surface area contributed by atoms with Crippen LogP contribution in [0.5, 0.6) is 0 Å². The molecule has 1 rings (SSSR count). The Morgan fingerprint density at radius 2 is 2.22 bits per heavy atom. The van der Waals surface area contributed by atoms with Crippen molar-refractivity contribution in [3.8, 4) is 0 Å². The van der Waals surface area contributed by atoms with Gasteiger partial charge < -0.3 is 0 Å². The Balaban J connectivity index is 2.67. The van der Waals surface area contributed by atoms with Gasteiger partial charge in [0.05, 0.1) is 5.70 Å². The topological polar surface area (TPSA) is 41.1 Å². The second-order valence-corrected chi connectivity index (χ2v) is 3.33. The van der Waals surface area contributed by atoms with Crippen LogP contribution in [0.3, 0.4) is 0 Å². The highest BCUT2D eigenvalue weighted by atomic mass is 32.2. The molecule has 2 N–H and O–H groups in total. The maximum atomic E-state index is 10.7. The molecule has 1 heterocycles. The molecule has 1 atom stereocenters. The molecule has 0 radical (unpaired) electrons. The standard InChI is InChI=1S/C5H8N2OS/c1-4-3-5(8)7-9(2)6-4/h3H,1-2H3,(H,6,7,8)/p+1. The van der Waals surface area contributed by atoms with Crippen molar-refractivity contribution >= 4 is 17.2 Å². The van der Waals surface area contributed by atoms with Crippen LogP contribution in [-0.2, 0) is 16.1 Å². The van der Waals surface area contributed by atoms with Crippen molar-refractivity contribution in [1.82, 2.24) is 9.44 Å². The zero-order valence-electron chi connectivity index (χ0n) is 5.39. The van der Waals surface area contributed by atoms with Crippen molar-refractivity contribution in [1.29, 1.82) is 0 Å². The molecule has 0 aromatic heterocycles. The molecule has 1 unspecified atom stereocenters. The lowest BCUT2D eigenvalue weighted by Gasteiger charge is -2.09. The predicted octanol–water partition coefficient (Wildman–Crippen LogP) is -0.312. The highest BCUT2D eigenvalue weighted by Gasteiger charge is 2.19. The summed E-state index contributed by atoms with van der Waals surface area (Å²) in [5.74, 6) is -0.00270. The van der Waals surface area contributed by atoms with Gasteiger partial charge in [0.15, 0.2) is 0 Å². The zero-order chi connectivity index (χ0) is 6.85. The lowest BCUT2D eigenvalue weighted by atomic mass is 10.4. The molecule has 3 nitrogen and oxygen atoms in total. The molecule has 9 heavy (non-hydrogen) atoms. The lowest BCUT2D eigenvalue weighted by Crippen LogP contribution is -2.42. The first kappa shape index (κ1) is 6.48. The Hall–Kier alpha value is -0.640. The highest BCUT2D eigenvalue weighted by molar-refractivity contribution is 7.93. The highest BCUT2D eigenvalue weighted by Crippen LogP contribution is 1.96. The molecule has 0 fully saturated rings. The monoisotopic (exact) mass is 145 g/mol. The van der Waals surface area contributed by atoms with E-state index in [1.165, 1.54) is 0 Å². The summed E-state index contributed by atoms with van der Waals surface area (Å²) in [4.78, 5) is 10.7. The van der Waals surface area contributed by atoms with E-state index in [2.05, 4.69) is 9.44 Å². The van der Waals surface area contributed by atoms with Gasteiger partial charge in [0.2, 0.25) is 11.3 Å². The first-order valence-electron chi connectivity index (χ1n) is 2.60.